The molecule has 1 rings (SSSR count). The van der Waals surface area contributed by atoms with Crippen LogP contribution in [0.4, 0.5) is 8.78 Å². The third kappa shape index (κ3) is 5.29. The molecule has 0 spiro atoms. The van der Waals surface area contributed by atoms with Crippen LogP contribution in [-0.2, 0) is 4.79 Å². The Kier molecular flexibility index (Phi) is 5.50. The van der Waals surface area contributed by atoms with Crippen LogP contribution >= 0.6 is 0 Å². The van der Waals surface area contributed by atoms with Crippen molar-refractivity contribution < 1.29 is 13.6 Å². The molecule has 18 heavy (non-hydrogen) atoms. The van der Waals surface area contributed by atoms with Crippen LogP contribution in [0.5, 0.6) is 0 Å². The second kappa shape index (κ2) is 6.45. The van der Waals surface area contributed by atoms with E-state index < -0.39 is 5.92 Å². The Balaban J connectivity index is 2.25. The lowest BCUT2D eigenvalue weighted by molar-refractivity contribution is -0.129. The topological polar surface area (TPSA) is 55.1 Å². The van der Waals surface area contributed by atoms with E-state index in [1.807, 2.05) is 0 Å². The normalized spacial score (nSPS) is 21.9. The van der Waals surface area contributed by atoms with Crippen LogP contribution in [0, 0.1) is 11.8 Å². The molecule has 106 valence electrons. The van der Waals surface area contributed by atoms with Crippen molar-refractivity contribution in [1.29, 1.82) is 0 Å². The van der Waals surface area contributed by atoms with Crippen LogP contribution in [0.1, 0.15) is 46.0 Å². The average Bonchev–Trinajstić information content (AvgIpc) is 2.25. The van der Waals surface area contributed by atoms with Gasteiger partial charge < -0.3 is 11.1 Å². The van der Waals surface area contributed by atoms with Crippen molar-refractivity contribution in [2.45, 2.75) is 57.9 Å². The van der Waals surface area contributed by atoms with Crippen LogP contribution in [0.15, 0.2) is 0 Å². The highest BCUT2D eigenvalue weighted by Crippen LogP contribution is 2.36. The molecule has 3 N–H and O–H groups in total. The summed E-state index contributed by atoms with van der Waals surface area (Å²) < 4.78 is 25.9. The zero-order valence-electron chi connectivity index (χ0n) is 11.2. The maximum Gasteiger partial charge on any atom is 0.248 e. The molecule has 1 amide bonds. The molecule has 0 saturated heterocycles. The smallest absolute Gasteiger partial charge is 0.248 e. The van der Waals surface area contributed by atoms with E-state index in [9.17, 15) is 13.6 Å². The van der Waals surface area contributed by atoms with Gasteiger partial charge in [0.1, 0.15) is 0 Å². The fourth-order valence-electron chi connectivity index (χ4n) is 2.37. The summed E-state index contributed by atoms with van der Waals surface area (Å²) in [6.07, 6.45) is 1.05. The lowest BCUT2D eigenvalue weighted by Gasteiger charge is -2.27. The molecule has 0 aromatic carbocycles. The average molecular weight is 262 g/mol. The second-order valence-corrected chi connectivity index (χ2v) is 5.77. The van der Waals surface area contributed by atoms with E-state index in [1.165, 1.54) is 0 Å². The standard InChI is InChI=1S/C13H24F2N2O/c1-9(2)7-11(16)8-17-12(18)10-3-5-13(14,15)6-4-10/h9-11H,3-8,16H2,1-2H3,(H,17,18). The van der Waals surface area contributed by atoms with Crippen LogP contribution in [-0.4, -0.2) is 24.4 Å². The summed E-state index contributed by atoms with van der Waals surface area (Å²) in [7, 11) is 0. The number of carbonyl (C=O) groups excluding carboxylic acids is 1. The minimum atomic E-state index is -2.58. The number of rotatable bonds is 5. The van der Waals surface area contributed by atoms with Gasteiger partial charge in [-0.25, -0.2) is 8.78 Å². The maximum absolute atomic E-state index is 12.9. The van der Waals surface area contributed by atoms with Crippen molar-refractivity contribution in [3.8, 4) is 0 Å². The predicted molar refractivity (Wildman–Crippen MR) is 67.3 cm³/mol. The first kappa shape index (κ1) is 15.3. The summed E-state index contributed by atoms with van der Waals surface area (Å²) in [5.74, 6) is -2.48. The van der Waals surface area contributed by atoms with Gasteiger partial charge in [0, 0.05) is 31.3 Å². The Bertz CT molecular complexity index is 272. The van der Waals surface area contributed by atoms with Crippen molar-refractivity contribution >= 4 is 5.91 Å². The van der Waals surface area contributed by atoms with Gasteiger partial charge in [-0.3, -0.25) is 4.79 Å². The number of carbonyl (C=O) groups is 1. The third-order valence-electron chi connectivity index (χ3n) is 3.40. The first-order chi connectivity index (χ1) is 8.30. The molecule has 0 aromatic heterocycles. The summed E-state index contributed by atoms with van der Waals surface area (Å²) in [5.41, 5.74) is 5.86. The minimum absolute atomic E-state index is 0.0565. The molecule has 0 bridgehead atoms. The highest BCUT2D eigenvalue weighted by atomic mass is 19.3. The Morgan fingerprint density at radius 1 is 1.39 bits per heavy atom. The van der Waals surface area contributed by atoms with E-state index in [4.69, 9.17) is 5.73 Å². The zero-order valence-corrected chi connectivity index (χ0v) is 11.2. The van der Waals surface area contributed by atoms with Gasteiger partial charge in [0.25, 0.3) is 0 Å². The van der Waals surface area contributed by atoms with Crippen LogP contribution in [0.25, 0.3) is 0 Å². The summed E-state index contributed by atoms with van der Waals surface area (Å²) in [4.78, 5) is 11.8. The first-order valence-corrected chi connectivity index (χ1v) is 6.71. The number of amides is 1. The summed E-state index contributed by atoms with van der Waals surface area (Å²) in [5, 5.41) is 2.78. The molecule has 1 aliphatic rings. The van der Waals surface area contributed by atoms with Gasteiger partial charge >= 0.3 is 0 Å². The number of halogens is 2. The van der Waals surface area contributed by atoms with Crippen molar-refractivity contribution in [2.24, 2.45) is 17.6 Å². The van der Waals surface area contributed by atoms with E-state index in [-0.39, 0.29) is 43.6 Å². The van der Waals surface area contributed by atoms with E-state index in [0.717, 1.165) is 6.42 Å². The molecule has 1 aliphatic carbocycles. The summed E-state index contributed by atoms with van der Waals surface area (Å²) in [6.45, 7) is 4.58. The van der Waals surface area contributed by atoms with Crippen molar-refractivity contribution in [3.63, 3.8) is 0 Å². The van der Waals surface area contributed by atoms with Crippen LogP contribution in [0.2, 0.25) is 0 Å². The van der Waals surface area contributed by atoms with E-state index >= 15 is 0 Å². The fraction of sp³-hybridized carbons (Fsp3) is 0.923. The van der Waals surface area contributed by atoms with E-state index in [0.29, 0.717) is 12.5 Å². The summed E-state index contributed by atoms with van der Waals surface area (Å²) >= 11 is 0. The second-order valence-electron chi connectivity index (χ2n) is 5.77. The number of hydrogen-bond acceptors (Lipinski definition) is 2. The Hall–Kier alpha value is -0.710. The van der Waals surface area contributed by atoms with Gasteiger partial charge in [0.05, 0.1) is 0 Å². The highest BCUT2D eigenvalue weighted by molar-refractivity contribution is 5.78. The molecule has 1 unspecified atom stereocenters. The van der Waals surface area contributed by atoms with Crippen LogP contribution < -0.4 is 11.1 Å². The molecular weight excluding hydrogens is 238 g/mol. The van der Waals surface area contributed by atoms with Gasteiger partial charge in [-0.1, -0.05) is 13.8 Å². The van der Waals surface area contributed by atoms with Crippen LogP contribution in [0.3, 0.4) is 0 Å². The molecule has 1 fully saturated rings. The number of nitrogens with two attached hydrogens (primary N) is 1. The third-order valence-corrected chi connectivity index (χ3v) is 3.40. The Morgan fingerprint density at radius 2 is 1.94 bits per heavy atom. The number of nitrogens with one attached hydrogen (secondary N) is 1. The lowest BCUT2D eigenvalue weighted by atomic mass is 9.86. The molecule has 0 radical (unpaired) electrons. The van der Waals surface area contributed by atoms with E-state index in [1.54, 1.807) is 0 Å². The molecule has 1 saturated carbocycles. The highest BCUT2D eigenvalue weighted by Gasteiger charge is 2.37. The number of alkyl halides is 2. The monoisotopic (exact) mass is 262 g/mol. The fourth-order valence-corrected chi connectivity index (χ4v) is 2.37. The maximum atomic E-state index is 12.9. The molecule has 1 atom stereocenters. The summed E-state index contributed by atoms with van der Waals surface area (Å²) in [6, 6.07) is -0.0565. The SMILES string of the molecule is CC(C)CC(N)CNC(=O)C1CCC(F)(F)CC1. The van der Waals surface area contributed by atoms with Gasteiger partial charge in [-0.15, -0.1) is 0 Å². The molecule has 5 heteroatoms. The molecule has 0 aromatic rings. The predicted octanol–water partition coefficient (Wildman–Crippen LogP) is 2.30. The zero-order chi connectivity index (χ0) is 13.8. The first-order valence-electron chi connectivity index (χ1n) is 6.71. The van der Waals surface area contributed by atoms with Gasteiger partial charge in [0.2, 0.25) is 11.8 Å². The van der Waals surface area contributed by atoms with Gasteiger partial charge in [-0.05, 0) is 25.2 Å². The van der Waals surface area contributed by atoms with E-state index in [2.05, 4.69) is 19.2 Å². The minimum Gasteiger partial charge on any atom is -0.354 e. The molecular formula is C13H24F2N2O. The molecule has 0 aliphatic heterocycles. The quantitative estimate of drug-likeness (QED) is 0.798. The van der Waals surface area contributed by atoms with Gasteiger partial charge in [0.15, 0.2) is 0 Å². The van der Waals surface area contributed by atoms with Crippen molar-refractivity contribution in [1.82, 2.24) is 5.32 Å². The molecule has 0 heterocycles. The Labute approximate surface area is 107 Å². The Morgan fingerprint density at radius 3 is 2.44 bits per heavy atom. The largest absolute Gasteiger partial charge is 0.354 e. The lowest BCUT2D eigenvalue weighted by Crippen LogP contribution is -2.42. The van der Waals surface area contributed by atoms with Crippen molar-refractivity contribution in [3.05, 3.63) is 0 Å². The van der Waals surface area contributed by atoms with Gasteiger partial charge in [-0.2, -0.15) is 0 Å². The van der Waals surface area contributed by atoms with Crippen molar-refractivity contribution in [2.75, 3.05) is 6.54 Å². The number of hydrogen-bond donors (Lipinski definition) is 2. The molecule has 3 nitrogen and oxygen atoms in total.